The van der Waals surface area contributed by atoms with Crippen LogP contribution in [0.25, 0.3) is 0 Å². The molecule has 0 bridgehead atoms. The van der Waals surface area contributed by atoms with E-state index in [0.717, 1.165) is 0 Å². The van der Waals surface area contributed by atoms with Gasteiger partial charge in [0, 0.05) is 17.5 Å². The number of aryl methyl sites for hydroxylation is 1. The van der Waals surface area contributed by atoms with Gasteiger partial charge in [-0.3, -0.25) is 4.79 Å². The Balaban J connectivity index is 1.51. The number of amides is 1. The van der Waals surface area contributed by atoms with E-state index in [4.69, 9.17) is 9.47 Å². The third kappa shape index (κ3) is 3.80. The molecule has 6 heteroatoms. The van der Waals surface area contributed by atoms with Gasteiger partial charge in [-0.25, -0.2) is 4.98 Å². The van der Waals surface area contributed by atoms with Gasteiger partial charge in [0.1, 0.15) is 0 Å². The molecule has 2 aromatic rings. The molecule has 4 rings (SSSR count). The van der Waals surface area contributed by atoms with Gasteiger partial charge in [-0.15, -0.1) is 0 Å². The molecule has 6 nitrogen and oxygen atoms in total. The molecule has 1 aromatic heterocycles. The highest BCUT2D eigenvalue weighted by atomic mass is 16.5. The van der Waals surface area contributed by atoms with Gasteiger partial charge in [0.15, 0.2) is 0 Å². The summed E-state index contributed by atoms with van der Waals surface area (Å²) in [7, 11) is 3.06. The van der Waals surface area contributed by atoms with E-state index in [1.165, 1.54) is 38.4 Å². The summed E-state index contributed by atoms with van der Waals surface area (Å²) in [5.74, 6) is 2.05. The molecule has 2 aliphatic rings. The molecule has 1 amide bonds. The normalized spacial score (nSPS) is 25.5. The van der Waals surface area contributed by atoms with E-state index in [0.29, 0.717) is 34.9 Å². The number of rotatable bonds is 6. The first-order chi connectivity index (χ1) is 14.1. The maximum absolute atomic E-state index is 13.0. The average molecular weight is 396 g/mol. The lowest BCUT2D eigenvalue weighted by Gasteiger charge is -2.55. The van der Waals surface area contributed by atoms with Crippen molar-refractivity contribution < 1.29 is 14.3 Å². The zero-order valence-corrected chi connectivity index (χ0v) is 17.4. The topological polar surface area (TPSA) is 73.3 Å². The van der Waals surface area contributed by atoms with Crippen LogP contribution >= 0.6 is 0 Å². The van der Waals surface area contributed by atoms with Crippen LogP contribution in [0.1, 0.15) is 48.4 Å². The van der Waals surface area contributed by atoms with Crippen molar-refractivity contribution >= 4 is 5.91 Å². The standard InChI is InChI=1S/C23H29N3O3/c1-14-18(22(28-2)26-23(24-14)29-3)13-19(27)25-21-17-12-8-7-11-16(17)20(21)15-9-5-4-6-10-15/h4-6,9-10,16-17,20-21H,7-8,11-13H2,1-3H3,(H,25,27)/t16-,17-,20-,21-/m0/s1. The molecule has 29 heavy (non-hydrogen) atoms. The van der Waals surface area contributed by atoms with E-state index in [-0.39, 0.29) is 24.4 Å². The number of benzene rings is 1. The third-order valence-electron chi connectivity index (χ3n) is 6.57. The molecule has 0 unspecified atom stereocenters. The fourth-order valence-corrected chi connectivity index (χ4v) is 5.20. The molecule has 2 aliphatic carbocycles. The summed E-state index contributed by atoms with van der Waals surface area (Å²) < 4.78 is 10.5. The summed E-state index contributed by atoms with van der Waals surface area (Å²) in [5, 5.41) is 3.34. The predicted molar refractivity (Wildman–Crippen MR) is 110 cm³/mol. The van der Waals surface area contributed by atoms with Crippen LogP contribution in [0.5, 0.6) is 11.9 Å². The zero-order valence-electron chi connectivity index (χ0n) is 17.4. The number of methoxy groups -OCH3 is 2. The van der Waals surface area contributed by atoms with Gasteiger partial charge >= 0.3 is 6.01 Å². The lowest BCUT2D eigenvalue weighted by Crippen LogP contribution is -2.59. The van der Waals surface area contributed by atoms with Gasteiger partial charge in [0.05, 0.1) is 26.3 Å². The molecular weight excluding hydrogens is 366 g/mol. The number of hydrogen-bond acceptors (Lipinski definition) is 5. The minimum absolute atomic E-state index is 0.00452. The highest BCUT2D eigenvalue weighted by Gasteiger charge is 2.51. The first-order valence-corrected chi connectivity index (χ1v) is 10.4. The molecule has 0 radical (unpaired) electrons. The molecule has 1 aromatic carbocycles. The highest BCUT2D eigenvalue weighted by Crippen LogP contribution is 2.54. The second-order valence-electron chi connectivity index (χ2n) is 8.10. The predicted octanol–water partition coefficient (Wildman–Crippen LogP) is 3.43. The number of carbonyl (C=O) groups is 1. The van der Waals surface area contributed by atoms with E-state index in [9.17, 15) is 4.79 Å². The largest absolute Gasteiger partial charge is 0.481 e. The van der Waals surface area contributed by atoms with Gasteiger partial charge in [0.2, 0.25) is 11.8 Å². The van der Waals surface area contributed by atoms with Crippen LogP contribution in [0.2, 0.25) is 0 Å². The van der Waals surface area contributed by atoms with Crippen LogP contribution in [0, 0.1) is 18.8 Å². The Labute approximate surface area is 172 Å². The van der Waals surface area contributed by atoms with E-state index in [2.05, 4.69) is 39.6 Å². The molecule has 4 atom stereocenters. The van der Waals surface area contributed by atoms with E-state index < -0.39 is 0 Å². The number of fused-ring (bicyclic) bond motifs is 1. The summed E-state index contributed by atoms with van der Waals surface area (Å²) in [6.07, 6.45) is 5.22. The SMILES string of the molecule is COc1nc(C)c(CC(=O)N[C@H]2[C@H]3CCCC[C@@H]3[C@@H]2c2ccccc2)c(OC)n1. The summed E-state index contributed by atoms with van der Waals surface area (Å²) in [6, 6.07) is 11.1. The van der Waals surface area contributed by atoms with E-state index >= 15 is 0 Å². The Kier molecular flexibility index (Phi) is 5.69. The van der Waals surface area contributed by atoms with Gasteiger partial charge in [-0.2, -0.15) is 4.98 Å². The first-order valence-electron chi connectivity index (χ1n) is 10.4. The van der Waals surface area contributed by atoms with Crippen molar-refractivity contribution in [3.63, 3.8) is 0 Å². The van der Waals surface area contributed by atoms with E-state index in [1.54, 1.807) is 7.11 Å². The number of hydrogen-bond donors (Lipinski definition) is 1. The van der Waals surface area contributed by atoms with Gasteiger partial charge in [-0.05, 0) is 37.2 Å². The van der Waals surface area contributed by atoms with Crippen LogP contribution in [0.15, 0.2) is 30.3 Å². The number of aromatic nitrogens is 2. The fourth-order valence-electron chi connectivity index (χ4n) is 5.20. The Morgan fingerprint density at radius 3 is 2.48 bits per heavy atom. The van der Waals surface area contributed by atoms with Crippen LogP contribution in [0.4, 0.5) is 0 Å². The number of carbonyl (C=O) groups excluding carboxylic acids is 1. The van der Waals surface area contributed by atoms with Crippen LogP contribution in [-0.4, -0.2) is 36.1 Å². The second-order valence-corrected chi connectivity index (χ2v) is 8.10. The van der Waals surface area contributed by atoms with Crippen LogP contribution in [-0.2, 0) is 11.2 Å². The molecule has 1 N–H and O–H groups in total. The third-order valence-corrected chi connectivity index (χ3v) is 6.57. The summed E-state index contributed by atoms with van der Waals surface area (Å²) in [4.78, 5) is 21.5. The summed E-state index contributed by atoms with van der Waals surface area (Å²) in [5.41, 5.74) is 2.75. The molecule has 154 valence electrons. The van der Waals surface area contributed by atoms with Gasteiger partial charge in [-0.1, -0.05) is 43.2 Å². The molecular formula is C23H29N3O3. The smallest absolute Gasteiger partial charge is 0.319 e. The van der Waals surface area contributed by atoms with Crippen molar-refractivity contribution in [1.82, 2.24) is 15.3 Å². The van der Waals surface area contributed by atoms with Crippen molar-refractivity contribution in [3.8, 4) is 11.9 Å². The quantitative estimate of drug-likeness (QED) is 0.811. The first kappa shape index (κ1) is 19.7. The molecule has 0 aliphatic heterocycles. The Hall–Kier alpha value is -2.63. The van der Waals surface area contributed by atoms with Crippen molar-refractivity contribution in [2.75, 3.05) is 14.2 Å². The zero-order chi connectivity index (χ0) is 20.4. The highest BCUT2D eigenvalue weighted by molar-refractivity contribution is 5.80. The molecule has 2 fully saturated rings. The maximum atomic E-state index is 13.0. The lowest BCUT2D eigenvalue weighted by molar-refractivity contribution is -0.124. The molecule has 1 heterocycles. The van der Waals surface area contributed by atoms with Gasteiger partial charge < -0.3 is 14.8 Å². The van der Waals surface area contributed by atoms with Gasteiger partial charge in [0.25, 0.3) is 0 Å². The van der Waals surface area contributed by atoms with Crippen molar-refractivity contribution in [2.24, 2.45) is 11.8 Å². The number of nitrogens with one attached hydrogen (secondary N) is 1. The Bertz CT molecular complexity index is 871. The van der Waals surface area contributed by atoms with Crippen LogP contribution in [0.3, 0.4) is 0 Å². The number of ether oxygens (including phenoxy) is 2. The fraction of sp³-hybridized carbons (Fsp3) is 0.522. The Morgan fingerprint density at radius 2 is 1.79 bits per heavy atom. The van der Waals surface area contributed by atoms with Crippen molar-refractivity contribution in [3.05, 3.63) is 47.2 Å². The maximum Gasteiger partial charge on any atom is 0.319 e. The Morgan fingerprint density at radius 1 is 1.07 bits per heavy atom. The van der Waals surface area contributed by atoms with Crippen LogP contribution < -0.4 is 14.8 Å². The summed E-state index contributed by atoms with van der Waals surface area (Å²) >= 11 is 0. The van der Waals surface area contributed by atoms with Crippen molar-refractivity contribution in [2.45, 2.75) is 51.0 Å². The average Bonchev–Trinajstić information content (AvgIpc) is 2.74. The van der Waals surface area contributed by atoms with E-state index in [1.807, 2.05) is 13.0 Å². The molecule has 0 spiro atoms. The second kappa shape index (κ2) is 8.39. The molecule has 2 saturated carbocycles. The minimum Gasteiger partial charge on any atom is -0.481 e. The monoisotopic (exact) mass is 395 g/mol. The number of nitrogens with zero attached hydrogens (tertiary/aromatic N) is 2. The lowest BCUT2D eigenvalue weighted by atomic mass is 9.53. The van der Waals surface area contributed by atoms with Crippen molar-refractivity contribution in [1.29, 1.82) is 0 Å². The summed E-state index contributed by atoms with van der Waals surface area (Å²) in [6.45, 7) is 1.85. The molecule has 0 saturated heterocycles. The minimum atomic E-state index is -0.00452.